The summed E-state index contributed by atoms with van der Waals surface area (Å²) in [5.41, 5.74) is 0.698. The van der Waals surface area contributed by atoms with Crippen LogP contribution in [0.15, 0.2) is 12.2 Å². The Hall–Kier alpha value is -0.830. The molecule has 0 spiro atoms. The number of hydrogen-bond donors (Lipinski definition) is 0. The van der Waals surface area contributed by atoms with Crippen molar-refractivity contribution in [1.29, 1.82) is 0 Å². The average molecular weight is 241 g/mol. The van der Waals surface area contributed by atoms with E-state index in [-0.39, 0.29) is 11.5 Å². The van der Waals surface area contributed by atoms with Gasteiger partial charge in [-0.2, -0.15) is 0 Å². The highest BCUT2D eigenvalue weighted by atomic mass is 16.5. The zero-order valence-corrected chi connectivity index (χ0v) is 12.0. The van der Waals surface area contributed by atoms with Gasteiger partial charge in [-0.15, -0.1) is 0 Å². The van der Waals surface area contributed by atoms with E-state index in [0.717, 1.165) is 25.8 Å². The minimum Gasteiger partial charge on any atom is -0.462 e. The number of nitrogens with zero attached hydrogens (tertiary/aromatic N) is 1. The predicted molar refractivity (Wildman–Crippen MR) is 72.0 cm³/mol. The van der Waals surface area contributed by atoms with Crippen LogP contribution in [0, 0.1) is 0 Å². The van der Waals surface area contributed by atoms with E-state index in [1.54, 1.807) is 6.92 Å². The van der Waals surface area contributed by atoms with Crippen molar-refractivity contribution in [2.75, 3.05) is 20.2 Å². The maximum Gasteiger partial charge on any atom is 0.333 e. The highest BCUT2D eigenvalue weighted by Gasteiger charge is 2.15. The molecule has 3 nitrogen and oxygen atoms in total. The van der Waals surface area contributed by atoms with Crippen LogP contribution in [0.1, 0.15) is 47.0 Å². The SMILES string of the molecule is C=C(C)C(=O)OCCCCCN(C)C(C)(C)C. The summed E-state index contributed by atoms with van der Waals surface area (Å²) in [6.45, 7) is 13.4. The maximum absolute atomic E-state index is 11.1. The first-order valence-corrected chi connectivity index (χ1v) is 6.29. The van der Waals surface area contributed by atoms with Crippen LogP contribution in [-0.4, -0.2) is 36.6 Å². The van der Waals surface area contributed by atoms with Crippen LogP contribution in [0.2, 0.25) is 0 Å². The van der Waals surface area contributed by atoms with E-state index in [1.165, 1.54) is 0 Å². The van der Waals surface area contributed by atoms with E-state index >= 15 is 0 Å². The van der Waals surface area contributed by atoms with Gasteiger partial charge in [0, 0.05) is 11.1 Å². The van der Waals surface area contributed by atoms with Gasteiger partial charge in [0.2, 0.25) is 0 Å². The summed E-state index contributed by atoms with van der Waals surface area (Å²) in [4.78, 5) is 13.4. The van der Waals surface area contributed by atoms with Crippen LogP contribution in [0.4, 0.5) is 0 Å². The lowest BCUT2D eigenvalue weighted by Crippen LogP contribution is -2.38. The molecule has 0 unspecified atom stereocenters. The van der Waals surface area contributed by atoms with E-state index in [4.69, 9.17) is 4.74 Å². The number of carbonyl (C=O) groups is 1. The van der Waals surface area contributed by atoms with Gasteiger partial charge in [-0.1, -0.05) is 6.58 Å². The first-order chi connectivity index (χ1) is 7.75. The summed E-state index contributed by atoms with van der Waals surface area (Å²) in [7, 11) is 2.14. The second-order valence-corrected chi connectivity index (χ2v) is 5.57. The van der Waals surface area contributed by atoms with Gasteiger partial charge in [-0.05, 0) is 60.5 Å². The maximum atomic E-state index is 11.1. The molecule has 0 fully saturated rings. The Morgan fingerprint density at radius 1 is 1.24 bits per heavy atom. The van der Waals surface area contributed by atoms with Gasteiger partial charge in [0.05, 0.1) is 6.61 Å². The third-order valence-corrected chi connectivity index (χ3v) is 2.86. The topological polar surface area (TPSA) is 29.5 Å². The number of rotatable bonds is 7. The Balaban J connectivity index is 3.48. The summed E-state index contributed by atoms with van der Waals surface area (Å²) >= 11 is 0. The van der Waals surface area contributed by atoms with Crippen LogP contribution in [0.25, 0.3) is 0 Å². The zero-order chi connectivity index (χ0) is 13.5. The van der Waals surface area contributed by atoms with Crippen molar-refractivity contribution in [3.8, 4) is 0 Å². The number of esters is 1. The van der Waals surface area contributed by atoms with Crippen LogP contribution in [0.5, 0.6) is 0 Å². The van der Waals surface area contributed by atoms with Crippen molar-refractivity contribution in [2.24, 2.45) is 0 Å². The molecule has 0 aliphatic heterocycles. The van der Waals surface area contributed by atoms with Crippen molar-refractivity contribution in [1.82, 2.24) is 4.90 Å². The summed E-state index contributed by atoms with van der Waals surface area (Å²) in [6.07, 6.45) is 3.15. The van der Waals surface area contributed by atoms with E-state index < -0.39 is 0 Å². The number of carbonyl (C=O) groups excluding carboxylic acids is 1. The van der Waals surface area contributed by atoms with Gasteiger partial charge >= 0.3 is 5.97 Å². The molecule has 0 bridgehead atoms. The molecule has 0 atom stereocenters. The molecular formula is C14H27NO2. The monoisotopic (exact) mass is 241 g/mol. The highest BCUT2D eigenvalue weighted by Crippen LogP contribution is 2.11. The summed E-state index contributed by atoms with van der Waals surface area (Å²) in [5, 5.41) is 0. The Bertz CT molecular complexity index is 253. The fourth-order valence-corrected chi connectivity index (χ4v) is 1.25. The zero-order valence-electron chi connectivity index (χ0n) is 12.0. The molecule has 0 heterocycles. The molecular weight excluding hydrogens is 214 g/mol. The second kappa shape index (κ2) is 7.49. The van der Waals surface area contributed by atoms with Gasteiger partial charge < -0.3 is 9.64 Å². The molecule has 0 amide bonds. The average Bonchev–Trinajstić information content (AvgIpc) is 2.20. The Kier molecular flexibility index (Phi) is 7.12. The minimum absolute atomic E-state index is 0.229. The van der Waals surface area contributed by atoms with Crippen LogP contribution in [-0.2, 0) is 9.53 Å². The largest absolute Gasteiger partial charge is 0.462 e. The predicted octanol–water partition coefficient (Wildman–Crippen LogP) is 3.01. The first-order valence-electron chi connectivity index (χ1n) is 6.29. The molecule has 0 rings (SSSR count). The van der Waals surface area contributed by atoms with E-state index in [2.05, 4.69) is 39.3 Å². The fourth-order valence-electron chi connectivity index (χ4n) is 1.25. The van der Waals surface area contributed by atoms with Crippen LogP contribution < -0.4 is 0 Å². The lowest BCUT2D eigenvalue weighted by Gasteiger charge is -2.31. The molecule has 0 aliphatic carbocycles. The number of ether oxygens (including phenoxy) is 1. The van der Waals surface area contributed by atoms with E-state index in [0.29, 0.717) is 12.2 Å². The van der Waals surface area contributed by atoms with Gasteiger partial charge in [0.25, 0.3) is 0 Å². The normalized spacial score (nSPS) is 11.6. The minimum atomic E-state index is -0.281. The summed E-state index contributed by atoms with van der Waals surface area (Å²) in [6, 6.07) is 0. The van der Waals surface area contributed by atoms with Gasteiger partial charge in [-0.25, -0.2) is 4.79 Å². The van der Waals surface area contributed by atoms with Crippen molar-refractivity contribution in [2.45, 2.75) is 52.5 Å². The third kappa shape index (κ3) is 7.97. The van der Waals surface area contributed by atoms with Gasteiger partial charge in [-0.3, -0.25) is 0 Å². The molecule has 0 aromatic rings. The van der Waals surface area contributed by atoms with Crippen molar-refractivity contribution < 1.29 is 9.53 Å². The lowest BCUT2D eigenvalue weighted by atomic mass is 10.1. The van der Waals surface area contributed by atoms with Crippen LogP contribution in [0.3, 0.4) is 0 Å². The molecule has 0 aromatic carbocycles. The quantitative estimate of drug-likeness (QED) is 0.390. The molecule has 100 valence electrons. The number of unbranched alkanes of at least 4 members (excludes halogenated alkanes) is 2. The Morgan fingerprint density at radius 2 is 1.82 bits per heavy atom. The second-order valence-electron chi connectivity index (χ2n) is 5.57. The highest BCUT2D eigenvalue weighted by molar-refractivity contribution is 5.86. The third-order valence-electron chi connectivity index (χ3n) is 2.86. The molecule has 0 saturated heterocycles. The van der Waals surface area contributed by atoms with Crippen molar-refractivity contribution in [3.63, 3.8) is 0 Å². The fraction of sp³-hybridized carbons (Fsp3) is 0.786. The molecule has 17 heavy (non-hydrogen) atoms. The van der Waals surface area contributed by atoms with E-state index in [9.17, 15) is 4.79 Å². The Labute approximate surface area is 106 Å². The standard InChI is InChI=1S/C14H27NO2/c1-12(2)13(16)17-11-9-7-8-10-15(6)14(3,4)5/h1,7-11H2,2-6H3. The van der Waals surface area contributed by atoms with Crippen LogP contribution >= 0.6 is 0 Å². The Morgan fingerprint density at radius 3 is 2.29 bits per heavy atom. The van der Waals surface area contributed by atoms with Crippen molar-refractivity contribution in [3.05, 3.63) is 12.2 Å². The number of hydrogen-bond acceptors (Lipinski definition) is 3. The molecule has 0 N–H and O–H groups in total. The lowest BCUT2D eigenvalue weighted by molar-refractivity contribution is -0.139. The first kappa shape index (κ1) is 16.2. The smallest absolute Gasteiger partial charge is 0.333 e. The molecule has 0 aliphatic rings. The molecule has 3 heteroatoms. The van der Waals surface area contributed by atoms with Gasteiger partial charge in [0.15, 0.2) is 0 Å². The summed E-state index contributed by atoms with van der Waals surface area (Å²) < 4.78 is 5.03. The van der Waals surface area contributed by atoms with Gasteiger partial charge in [0.1, 0.15) is 0 Å². The van der Waals surface area contributed by atoms with Crippen molar-refractivity contribution >= 4 is 5.97 Å². The summed E-state index contributed by atoms with van der Waals surface area (Å²) in [5.74, 6) is -0.281. The molecule has 0 aromatic heterocycles. The van der Waals surface area contributed by atoms with E-state index in [1.807, 2.05) is 0 Å². The molecule has 0 radical (unpaired) electrons. The molecule has 0 saturated carbocycles.